The molecule has 0 atom stereocenters. The summed E-state index contributed by atoms with van der Waals surface area (Å²) in [5.41, 5.74) is 1.89. The summed E-state index contributed by atoms with van der Waals surface area (Å²) in [7, 11) is 0. The molecule has 1 N–H and O–H groups in total. The highest BCUT2D eigenvalue weighted by Gasteiger charge is 2.13. The molecule has 0 aliphatic carbocycles. The van der Waals surface area contributed by atoms with E-state index in [0.717, 1.165) is 29.0 Å². The zero-order valence-electron chi connectivity index (χ0n) is 11.0. The number of benzene rings is 1. The second kappa shape index (κ2) is 4.85. The summed E-state index contributed by atoms with van der Waals surface area (Å²) in [5.74, 6) is 0.800. The summed E-state index contributed by atoms with van der Waals surface area (Å²) in [4.78, 5) is 15.6. The van der Waals surface area contributed by atoms with E-state index in [0.29, 0.717) is 6.54 Å². The highest BCUT2D eigenvalue weighted by molar-refractivity contribution is 5.92. The van der Waals surface area contributed by atoms with E-state index < -0.39 is 5.97 Å². The van der Waals surface area contributed by atoms with Gasteiger partial charge in [0.25, 0.3) is 0 Å². The van der Waals surface area contributed by atoms with Crippen LogP contribution in [0.15, 0.2) is 41.0 Å². The van der Waals surface area contributed by atoms with Crippen molar-refractivity contribution in [2.45, 2.75) is 19.9 Å². The summed E-state index contributed by atoms with van der Waals surface area (Å²) in [6.07, 6.45) is 2.40. The van der Waals surface area contributed by atoms with Gasteiger partial charge in [-0.15, -0.1) is 0 Å². The molecule has 5 heteroatoms. The molecule has 3 rings (SSSR count). The lowest BCUT2D eigenvalue weighted by Gasteiger charge is -2.06. The fraction of sp³-hybridized carbons (Fsp3) is 0.200. The summed E-state index contributed by atoms with van der Waals surface area (Å²) in [6.45, 7) is 2.58. The normalized spacial score (nSPS) is 11.1. The van der Waals surface area contributed by atoms with Crippen molar-refractivity contribution in [3.8, 4) is 0 Å². The Balaban J connectivity index is 2.15. The minimum Gasteiger partial charge on any atom is -0.478 e. The predicted molar refractivity (Wildman–Crippen MR) is 73.9 cm³/mol. The van der Waals surface area contributed by atoms with Crippen molar-refractivity contribution in [3.63, 3.8) is 0 Å². The Morgan fingerprint density at radius 1 is 1.40 bits per heavy atom. The van der Waals surface area contributed by atoms with Crippen LogP contribution in [0.2, 0.25) is 0 Å². The lowest BCUT2D eigenvalue weighted by molar-refractivity contribution is 0.0697. The van der Waals surface area contributed by atoms with Crippen LogP contribution in [0.3, 0.4) is 0 Å². The van der Waals surface area contributed by atoms with Gasteiger partial charge in [0.05, 0.1) is 29.4 Å². The van der Waals surface area contributed by atoms with Gasteiger partial charge in [0.1, 0.15) is 11.6 Å². The molecule has 20 heavy (non-hydrogen) atoms. The van der Waals surface area contributed by atoms with Crippen LogP contribution in [0.4, 0.5) is 0 Å². The van der Waals surface area contributed by atoms with Crippen LogP contribution in [0.1, 0.15) is 28.9 Å². The predicted octanol–water partition coefficient (Wildman–Crippen LogP) is 2.94. The van der Waals surface area contributed by atoms with Gasteiger partial charge in [0.2, 0.25) is 0 Å². The van der Waals surface area contributed by atoms with Gasteiger partial charge in [-0.25, -0.2) is 9.78 Å². The Morgan fingerprint density at radius 3 is 2.90 bits per heavy atom. The standard InChI is InChI=1S/C15H14N2O3/c1-2-14-16-12-6-5-10(15(18)19)8-13(12)17(14)9-11-4-3-7-20-11/h3-8H,2,9H2,1H3,(H,18,19). The zero-order chi connectivity index (χ0) is 14.1. The van der Waals surface area contributed by atoms with E-state index in [-0.39, 0.29) is 5.56 Å². The van der Waals surface area contributed by atoms with Crippen LogP contribution < -0.4 is 0 Å². The first-order valence-corrected chi connectivity index (χ1v) is 6.44. The number of carboxylic acid groups (broad SMARTS) is 1. The van der Waals surface area contributed by atoms with Crippen LogP contribution in [-0.2, 0) is 13.0 Å². The number of hydrogen-bond acceptors (Lipinski definition) is 3. The molecule has 102 valence electrons. The van der Waals surface area contributed by atoms with Crippen molar-refractivity contribution >= 4 is 17.0 Å². The first kappa shape index (κ1) is 12.5. The number of imidazole rings is 1. The lowest BCUT2D eigenvalue weighted by atomic mass is 10.2. The molecule has 0 fully saturated rings. The van der Waals surface area contributed by atoms with Gasteiger partial charge in [-0.05, 0) is 30.3 Å². The van der Waals surface area contributed by atoms with Crippen LogP contribution in [-0.4, -0.2) is 20.6 Å². The number of aromatic carboxylic acids is 1. The van der Waals surface area contributed by atoms with Gasteiger partial charge in [-0.2, -0.15) is 0 Å². The lowest BCUT2D eigenvalue weighted by Crippen LogP contribution is -2.04. The highest BCUT2D eigenvalue weighted by Crippen LogP contribution is 2.20. The third-order valence-electron chi connectivity index (χ3n) is 3.28. The van der Waals surface area contributed by atoms with Gasteiger partial charge in [-0.3, -0.25) is 0 Å². The number of furan rings is 1. The molecule has 3 aromatic rings. The maximum absolute atomic E-state index is 11.1. The van der Waals surface area contributed by atoms with E-state index in [1.165, 1.54) is 0 Å². The average molecular weight is 270 g/mol. The average Bonchev–Trinajstić information content (AvgIpc) is 3.06. The van der Waals surface area contributed by atoms with E-state index in [1.807, 2.05) is 23.6 Å². The molecule has 2 heterocycles. The number of nitrogens with zero attached hydrogens (tertiary/aromatic N) is 2. The molecule has 0 radical (unpaired) electrons. The first-order valence-electron chi connectivity index (χ1n) is 6.44. The topological polar surface area (TPSA) is 68.3 Å². The minimum absolute atomic E-state index is 0.265. The van der Waals surface area contributed by atoms with Gasteiger partial charge in [0.15, 0.2) is 0 Å². The van der Waals surface area contributed by atoms with Crippen LogP contribution in [0, 0.1) is 0 Å². The van der Waals surface area contributed by atoms with Crippen molar-refractivity contribution in [2.75, 3.05) is 0 Å². The van der Waals surface area contributed by atoms with Gasteiger partial charge in [0, 0.05) is 6.42 Å². The number of hydrogen-bond donors (Lipinski definition) is 1. The molecular weight excluding hydrogens is 256 g/mol. The summed E-state index contributed by atoms with van der Waals surface area (Å²) in [6, 6.07) is 8.72. The number of fused-ring (bicyclic) bond motifs is 1. The molecule has 0 amide bonds. The first-order chi connectivity index (χ1) is 9.69. The second-order valence-corrected chi connectivity index (χ2v) is 4.56. The zero-order valence-corrected chi connectivity index (χ0v) is 11.0. The van der Waals surface area contributed by atoms with Crippen LogP contribution in [0.25, 0.3) is 11.0 Å². The number of carbonyl (C=O) groups is 1. The van der Waals surface area contributed by atoms with Crippen molar-refractivity contribution in [1.29, 1.82) is 0 Å². The largest absolute Gasteiger partial charge is 0.478 e. The maximum atomic E-state index is 11.1. The Bertz CT molecular complexity index is 757. The summed E-state index contributed by atoms with van der Waals surface area (Å²) < 4.78 is 7.37. The summed E-state index contributed by atoms with van der Waals surface area (Å²) in [5, 5.41) is 9.11. The molecule has 0 saturated carbocycles. The monoisotopic (exact) mass is 270 g/mol. The molecule has 0 saturated heterocycles. The van der Waals surface area contributed by atoms with E-state index in [9.17, 15) is 4.79 Å². The Morgan fingerprint density at radius 2 is 2.25 bits per heavy atom. The van der Waals surface area contributed by atoms with Gasteiger partial charge < -0.3 is 14.1 Å². The Kier molecular flexibility index (Phi) is 3.02. The molecule has 1 aromatic carbocycles. The number of carboxylic acids is 1. The maximum Gasteiger partial charge on any atom is 0.335 e. The van der Waals surface area contributed by atoms with E-state index in [2.05, 4.69) is 4.98 Å². The third-order valence-corrected chi connectivity index (χ3v) is 3.28. The molecule has 0 bridgehead atoms. The Labute approximate surface area is 115 Å². The number of rotatable bonds is 4. The van der Waals surface area contributed by atoms with Gasteiger partial charge in [-0.1, -0.05) is 6.92 Å². The van der Waals surface area contributed by atoms with Crippen molar-refractivity contribution in [1.82, 2.24) is 9.55 Å². The smallest absolute Gasteiger partial charge is 0.335 e. The van der Waals surface area contributed by atoms with E-state index in [1.54, 1.807) is 24.5 Å². The Hall–Kier alpha value is -2.56. The van der Waals surface area contributed by atoms with Crippen molar-refractivity contribution in [2.24, 2.45) is 0 Å². The number of aryl methyl sites for hydroxylation is 1. The SMILES string of the molecule is CCc1nc2ccc(C(=O)O)cc2n1Cc1ccco1. The van der Waals surface area contributed by atoms with E-state index >= 15 is 0 Å². The quantitative estimate of drug-likeness (QED) is 0.791. The summed E-state index contributed by atoms with van der Waals surface area (Å²) >= 11 is 0. The molecule has 0 spiro atoms. The van der Waals surface area contributed by atoms with Crippen LogP contribution >= 0.6 is 0 Å². The fourth-order valence-electron chi connectivity index (χ4n) is 2.31. The minimum atomic E-state index is -0.935. The van der Waals surface area contributed by atoms with Crippen molar-refractivity contribution < 1.29 is 14.3 Å². The second-order valence-electron chi connectivity index (χ2n) is 4.56. The molecular formula is C15H14N2O3. The van der Waals surface area contributed by atoms with Crippen molar-refractivity contribution in [3.05, 3.63) is 53.7 Å². The fourth-order valence-corrected chi connectivity index (χ4v) is 2.31. The molecule has 0 aliphatic heterocycles. The van der Waals surface area contributed by atoms with Crippen LogP contribution in [0.5, 0.6) is 0 Å². The molecule has 0 aliphatic rings. The van der Waals surface area contributed by atoms with E-state index in [4.69, 9.17) is 9.52 Å². The molecule has 2 aromatic heterocycles. The highest BCUT2D eigenvalue weighted by atomic mass is 16.4. The number of aromatic nitrogens is 2. The molecule has 0 unspecified atom stereocenters. The van der Waals surface area contributed by atoms with Gasteiger partial charge >= 0.3 is 5.97 Å². The third kappa shape index (κ3) is 2.07. The molecule has 5 nitrogen and oxygen atoms in total.